The van der Waals surface area contributed by atoms with E-state index in [0.29, 0.717) is 18.2 Å². The normalized spacial score (nSPS) is 21.0. The Morgan fingerprint density at radius 3 is 2.88 bits per heavy atom. The highest BCUT2D eigenvalue weighted by Crippen LogP contribution is 2.20. The largest absolute Gasteiger partial charge is 0.314 e. The average Bonchev–Trinajstić information content (AvgIpc) is 2.59. The van der Waals surface area contributed by atoms with E-state index >= 15 is 0 Å². The molecule has 1 aromatic heterocycles. The zero-order valence-corrected chi connectivity index (χ0v) is 10.7. The van der Waals surface area contributed by atoms with E-state index in [9.17, 15) is 4.79 Å². The lowest BCUT2D eigenvalue weighted by atomic mass is 9.99. The molecule has 3 nitrogen and oxygen atoms in total. The van der Waals surface area contributed by atoms with E-state index in [0.717, 1.165) is 22.9 Å². The molecule has 0 amide bonds. The van der Waals surface area contributed by atoms with E-state index in [4.69, 9.17) is 0 Å². The van der Waals surface area contributed by atoms with Crippen LogP contribution in [0.1, 0.15) is 46.1 Å². The van der Waals surface area contributed by atoms with Crippen LogP contribution in [0.5, 0.6) is 0 Å². The molecule has 0 radical (unpaired) electrons. The summed E-state index contributed by atoms with van der Waals surface area (Å²) in [7, 11) is 0. The number of piperidine rings is 1. The summed E-state index contributed by atoms with van der Waals surface area (Å²) in [6.07, 6.45) is 4.19. The Labute approximate surface area is 100 Å². The SMILES string of the molecule is Cc1nc(C(=O)CC2CCCCN2)c(C)s1. The summed E-state index contributed by atoms with van der Waals surface area (Å²) in [5.74, 6) is 0.196. The molecule has 88 valence electrons. The number of ketones is 1. The Hall–Kier alpha value is -0.740. The standard InChI is InChI=1S/C12H18N2OS/c1-8-12(14-9(2)16-8)11(15)7-10-5-3-4-6-13-10/h10,13H,3-7H2,1-2H3. The molecular weight excluding hydrogens is 220 g/mol. The van der Waals surface area contributed by atoms with Crippen molar-refractivity contribution in [2.24, 2.45) is 0 Å². The summed E-state index contributed by atoms with van der Waals surface area (Å²) in [6, 6.07) is 0.364. The van der Waals surface area contributed by atoms with E-state index in [2.05, 4.69) is 10.3 Å². The minimum atomic E-state index is 0.196. The van der Waals surface area contributed by atoms with Crippen LogP contribution < -0.4 is 5.32 Å². The molecule has 0 aliphatic carbocycles. The third-order valence-corrected chi connectivity index (χ3v) is 3.90. The molecule has 4 heteroatoms. The van der Waals surface area contributed by atoms with Crippen molar-refractivity contribution < 1.29 is 4.79 Å². The van der Waals surface area contributed by atoms with Crippen LogP contribution in [-0.4, -0.2) is 23.4 Å². The first-order chi connectivity index (χ1) is 7.66. The van der Waals surface area contributed by atoms with Crippen LogP contribution in [0.25, 0.3) is 0 Å². The molecule has 1 atom stereocenters. The van der Waals surface area contributed by atoms with Gasteiger partial charge < -0.3 is 5.32 Å². The molecule has 16 heavy (non-hydrogen) atoms. The Bertz CT molecular complexity index is 380. The predicted octanol–water partition coefficient (Wildman–Crippen LogP) is 2.47. The van der Waals surface area contributed by atoms with Gasteiger partial charge in [0.05, 0.1) is 5.01 Å². The molecule has 0 saturated carbocycles. The highest BCUT2D eigenvalue weighted by molar-refractivity contribution is 7.11. The zero-order chi connectivity index (χ0) is 11.5. The lowest BCUT2D eigenvalue weighted by Gasteiger charge is -2.22. The molecule has 1 aromatic rings. The van der Waals surface area contributed by atoms with Gasteiger partial charge in [-0.05, 0) is 33.2 Å². The van der Waals surface area contributed by atoms with Crippen molar-refractivity contribution in [3.8, 4) is 0 Å². The second-order valence-electron chi connectivity index (χ2n) is 4.41. The van der Waals surface area contributed by atoms with Gasteiger partial charge in [-0.2, -0.15) is 0 Å². The van der Waals surface area contributed by atoms with Crippen LogP contribution >= 0.6 is 11.3 Å². The summed E-state index contributed by atoms with van der Waals surface area (Å²) in [5.41, 5.74) is 0.690. The van der Waals surface area contributed by atoms with Gasteiger partial charge in [-0.3, -0.25) is 4.79 Å². The Morgan fingerprint density at radius 2 is 2.31 bits per heavy atom. The van der Waals surface area contributed by atoms with E-state index in [1.807, 2.05) is 13.8 Å². The number of nitrogens with one attached hydrogen (secondary N) is 1. The number of nitrogens with zero attached hydrogens (tertiary/aromatic N) is 1. The fourth-order valence-electron chi connectivity index (χ4n) is 2.21. The fraction of sp³-hybridized carbons (Fsp3) is 0.667. The number of thiazole rings is 1. The van der Waals surface area contributed by atoms with Gasteiger partial charge in [0.2, 0.25) is 0 Å². The molecule has 0 spiro atoms. The fourth-order valence-corrected chi connectivity index (χ4v) is 3.04. The predicted molar refractivity (Wildman–Crippen MR) is 66.2 cm³/mol. The number of carbonyl (C=O) groups is 1. The molecule has 0 aromatic carbocycles. The number of aryl methyl sites for hydroxylation is 2. The molecule has 2 rings (SSSR count). The van der Waals surface area contributed by atoms with Crippen molar-refractivity contribution in [2.75, 3.05) is 6.54 Å². The summed E-state index contributed by atoms with van der Waals surface area (Å²) in [6.45, 7) is 4.98. The van der Waals surface area contributed by atoms with Gasteiger partial charge in [0, 0.05) is 17.3 Å². The van der Waals surface area contributed by atoms with E-state index in [-0.39, 0.29) is 5.78 Å². The number of hydrogen-bond donors (Lipinski definition) is 1. The van der Waals surface area contributed by atoms with Crippen molar-refractivity contribution in [2.45, 2.75) is 45.6 Å². The van der Waals surface area contributed by atoms with Gasteiger partial charge in [0.25, 0.3) is 0 Å². The van der Waals surface area contributed by atoms with E-state index in [1.165, 1.54) is 12.8 Å². The second-order valence-corrected chi connectivity index (χ2v) is 5.82. The third kappa shape index (κ3) is 2.68. The quantitative estimate of drug-likeness (QED) is 0.823. The smallest absolute Gasteiger partial charge is 0.183 e. The lowest BCUT2D eigenvalue weighted by molar-refractivity contribution is 0.0959. The van der Waals surface area contributed by atoms with Crippen LogP contribution in [0.4, 0.5) is 0 Å². The molecule has 1 unspecified atom stereocenters. The van der Waals surface area contributed by atoms with Crippen LogP contribution in [0.3, 0.4) is 0 Å². The first kappa shape index (κ1) is 11.7. The van der Waals surface area contributed by atoms with Crippen molar-refractivity contribution in [1.29, 1.82) is 0 Å². The van der Waals surface area contributed by atoms with Crippen LogP contribution in [0, 0.1) is 13.8 Å². The molecule has 2 heterocycles. The average molecular weight is 238 g/mol. The summed E-state index contributed by atoms with van der Waals surface area (Å²) in [4.78, 5) is 17.4. The topological polar surface area (TPSA) is 42.0 Å². The van der Waals surface area contributed by atoms with Crippen molar-refractivity contribution in [1.82, 2.24) is 10.3 Å². The minimum Gasteiger partial charge on any atom is -0.314 e. The van der Waals surface area contributed by atoms with Gasteiger partial charge in [0.1, 0.15) is 5.69 Å². The van der Waals surface area contributed by atoms with Gasteiger partial charge in [0.15, 0.2) is 5.78 Å². The number of carbonyl (C=O) groups excluding carboxylic acids is 1. The molecule has 1 aliphatic rings. The maximum atomic E-state index is 12.1. The Kier molecular flexibility index (Phi) is 3.71. The van der Waals surface area contributed by atoms with Gasteiger partial charge in [-0.25, -0.2) is 4.98 Å². The van der Waals surface area contributed by atoms with Crippen molar-refractivity contribution in [3.63, 3.8) is 0 Å². The van der Waals surface area contributed by atoms with Crippen molar-refractivity contribution >= 4 is 17.1 Å². The first-order valence-corrected chi connectivity index (χ1v) is 6.69. The summed E-state index contributed by atoms with van der Waals surface area (Å²) < 4.78 is 0. The second kappa shape index (κ2) is 5.06. The molecule has 1 fully saturated rings. The number of hydrogen-bond acceptors (Lipinski definition) is 4. The van der Waals surface area contributed by atoms with Crippen molar-refractivity contribution in [3.05, 3.63) is 15.6 Å². The molecule has 1 aliphatic heterocycles. The van der Waals surface area contributed by atoms with Crippen LogP contribution in [-0.2, 0) is 0 Å². The summed E-state index contributed by atoms with van der Waals surface area (Å²) in [5, 5.41) is 4.38. The molecule has 1 saturated heterocycles. The number of aromatic nitrogens is 1. The van der Waals surface area contributed by atoms with E-state index in [1.54, 1.807) is 11.3 Å². The zero-order valence-electron chi connectivity index (χ0n) is 9.88. The number of Topliss-reactive ketones (excluding diaryl/α,β-unsaturated/α-hetero) is 1. The molecule has 0 bridgehead atoms. The van der Waals surface area contributed by atoms with E-state index < -0.39 is 0 Å². The minimum absolute atomic E-state index is 0.196. The van der Waals surface area contributed by atoms with Gasteiger partial charge in [-0.15, -0.1) is 11.3 Å². The molecular formula is C12H18N2OS. The molecule has 1 N–H and O–H groups in total. The maximum absolute atomic E-state index is 12.1. The lowest BCUT2D eigenvalue weighted by Crippen LogP contribution is -2.35. The Balaban J connectivity index is 1.99. The third-order valence-electron chi connectivity index (χ3n) is 3.01. The monoisotopic (exact) mass is 238 g/mol. The van der Waals surface area contributed by atoms with Gasteiger partial charge in [-0.1, -0.05) is 6.42 Å². The highest BCUT2D eigenvalue weighted by Gasteiger charge is 2.20. The first-order valence-electron chi connectivity index (χ1n) is 5.87. The van der Waals surface area contributed by atoms with Crippen LogP contribution in [0.15, 0.2) is 0 Å². The summed E-state index contributed by atoms with van der Waals surface area (Å²) >= 11 is 1.61. The number of rotatable bonds is 3. The van der Waals surface area contributed by atoms with Gasteiger partial charge >= 0.3 is 0 Å². The van der Waals surface area contributed by atoms with Crippen LogP contribution in [0.2, 0.25) is 0 Å². The maximum Gasteiger partial charge on any atom is 0.183 e. The highest BCUT2D eigenvalue weighted by atomic mass is 32.1. The Morgan fingerprint density at radius 1 is 1.50 bits per heavy atom.